The number of nitrogens with one attached hydrogen (secondary N) is 1. The number of aliphatic hydroxyl groups excluding tert-OH is 1. The molecule has 16 heavy (non-hydrogen) atoms. The average Bonchev–Trinajstić information content (AvgIpc) is 2.30. The van der Waals surface area contributed by atoms with Gasteiger partial charge in [0.2, 0.25) is 0 Å². The second-order valence-corrected chi connectivity index (χ2v) is 3.70. The smallest absolute Gasteiger partial charge is 0.189 e. The number of hydrogen-bond donors (Lipinski definition) is 2. The van der Waals surface area contributed by atoms with E-state index in [2.05, 4.69) is 4.98 Å². The van der Waals surface area contributed by atoms with Crippen LogP contribution in [0.1, 0.15) is 5.69 Å². The third-order valence-electron chi connectivity index (χ3n) is 2.35. The molecule has 0 bridgehead atoms. The SMILES string of the molecule is COc1ccc2c(=O)cc(CO)[nH]c2c1Cl. The van der Waals surface area contributed by atoms with Crippen molar-refractivity contribution in [2.45, 2.75) is 6.61 Å². The van der Waals surface area contributed by atoms with Crippen molar-refractivity contribution in [3.63, 3.8) is 0 Å². The lowest BCUT2D eigenvalue weighted by Gasteiger charge is -2.07. The molecule has 0 aliphatic heterocycles. The zero-order valence-corrected chi connectivity index (χ0v) is 9.34. The molecule has 2 N–H and O–H groups in total. The maximum absolute atomic E-state index is 11.7. The Morgan fingerprint density at radius 3 is 2.88 bits per heavy atom. The van der Waals surface area contributed by atoms with Crippen LogP contribution >= 0.6 is 11.6 Å². The van der Waals surface area contributed by atoms with Gasteiger partial charge in [-0.05, 0) is 12.1 Å². The summed E-state index contributed by atoms with van der Waals surface area (Å²) in [4.78, 5) is 14.6. The van der Waals surface area contributed by atoms with Gasteiger partial charge in [-0.25, -0.2) is 0 Å². The molecule has 0 amide bonds. The molecule has 1 heterocycles. The number of aromatic amines is 1. The highest BCUT2D eigenvalue weighted by molar-refractivity contribution is 6.36. The number of halogens is 1. The number of rotatable bonds is 2. The highest BCUT2D eigenvalue weighted by Crippen LogP contribution is 2.29. The first kappa shape index (κ1) is 11.0. The number of methoxy groups -OCH3 is 1. The highest BCUT2D eigenvalue weighted by Gasteiger charge is 2.09. The minimum Gasteiger partial charge on any atom is -0.495 e. The zero-order chi connectivity index (χ0) is 11.7. The molecule has 0 aliphatic carbocycles. The maximum Gasteiger partial charge on any atom is 0.189 e. The highest BCUT2D eigenvalue weighted by atomic mass is 35.5. The summed E-state index contributed by atoms with van der Waals surface area (Å²) in [5, 5.41) is 9.81. The van der Waals surface area contributed by atoms with Gasteiger partial charge in [-0.3, -0.25) is 4.79 Å². The van der Waals surface area contributed by atoms with Crippen molar-refractivity contribution in [1.29, 1.82) is 0 Å². The molecule has 0 saturated carbocycles. The monoisotopic (exact) mass is 239 g/mol. The van der Waals surface area contributed by atoms with E-state index in [0.29, 0.717) is 27.4 Å². The lowest BCUT2D eigenvalue weighted by Crippen LogP contribution is -2.05. The van der Waals surface area contributed by atoms with Gasteiger partial charge >= 0.3 is 0 Å². The van der Waals surface area contributed by atoms with Crippen LogP contribution in [0.5, 0.6) is 5.75 Å². The van der Waals surface area contributed by atoms with Gasteiger partial charge in [-0.15, -0.1) is 0 Å². The van der Waals surface area contributed by atoms with E-state index >= 15 is 0 Å². The summed E-state index contributed by atoms with van der Waals surface area (Å²) in [6.45, 7) is -0.237. The first-order valence-electron chi connectivity index (χ1n) is 4.66. The molecule has 2 aromatic rings. The fourth-order valence-corrected chi connectivity index (χ4v) is 1.85. The second-order valence-electron chi connectivity index (χ2n) is 3.32. The second kappa shape index (κ2) is 4.15. The molecule has 84 valence electrons. The minimum absolute atomic E-state index is 0.178. The Labute approximate surface area is 96.4 Å². The van der Waals surface area contributed by atoms with Crippen molar-refractivity contribution in [3.05, 3.63) is 39.1 Å². The quantitative estimate of drug-likeness (QED) is 0.838. The average molecular weight is 240 g/mol. The van der Waals surface area contributed by atoms with Gasteiger partial charge in [0.25, 0.3) is 0 Å². The third-order valence-corrected chi connectivity index (χ3v) is 2.73. The Bertz CT molecular complexity index is 592. The van der Waals surface area contributed by atoms with Crippen molar-refractivity contribution in [2.24, 2.45) is 0 Å². The number of aliphatic hydroxyl groups is 1. The van der Waals surface area contributed by atoms with Crippen LogP contribution in [0, 0.1) is 0 Å². The molecule has 2 rings (SSSR count). The molecule has 0 aliphatic rings. The molecule has 1 aromatic heterocycles. The molecule has 1 aromatic carbocycles. The molecule has 0 spiro atoms. The van der Waals surface area contributed by atoms with Crippen LogP contribution < -0.4 is 10.2 Å². The normalized spacial score (nSPS) is 10.7. The zero-order valence-electron chi connectivity index (χ0n) is 8.58. The molecule has 0 radical (unpaired) electrons. The van der Waals surface area contributed by atoms with Crippen LogP contribution in [-0.4, -0.2) is 17.2 Å². The van der Waals surface area contributed by atoms with E-state index < -0.39 is 0 Å². The van der Waals surface area contributed by atoms with Crippen LogP contribution in [0.25, 0.3) is 10.9 Å². The number of pyridine rings is 1. The van der Waals surface area contributed by atoms with Crippen LogP contribution in [0.2, 0.25) is 5.02 Å². The van der Waals surface area contributed by atoms with Crippen LogP contribution in [-0.2, 0) is 6.61 Å². The van der Waals surface area contributed by atoms with Gasteiger partial charge in [0.1, 0.15) is 10.8 Å². The summed E-state index contributed by atoms with van der Waals surface area (Å²) in [7, 11) is 1.50. The molecule has 0 fully saturated rings. The van der Waals surface area contributed by atoms with E-state index in [-0.39, 0.29) is 12.0 Å². The molecular weight excluding hydrogens is 230 g/mol. The summed E-state index contributed by atoms with van der Waals surface area (Å²) in [5.74, 6) is 0.486. The molecule has 5 heteroatoms. The Morgan fingerprint density at radius 1 is 1.50 bits per heavy atom. The Morgan fingerprint density at radius 2 is 2.25 bits per heavy atom. The lowest BCUT2D eigenvalue weighted by atomic mass is 10.2. The number of hydrogen-bond acceptors (Lipinski definition) is 3. The molecule has 0 atom stereocenters. The van der Waals surface area contributed by atoms with Crippen molar-refractivity contribution >= 4 is 22.5 Å². The van der Waals surface area contributed by atoms with Crippen LogP contribution in [0.4, 0.5) is 0 Å². The Balaban J connectivity index is 2.86. The maximum atomic E-state index is 11.7. The van der Waals surface area contributed by atoms with Crippen LogP contribution in [0.3, 0.4) is 0 Å². The van der Waals surface area contributed by atoms with Gasteiger partial charge < -0.3 is 14.8 Å². The van der Waals surface area contributed by atoms with Crippen molar-refractivity contribution in [3.8, 4) is 5.75 Å². The molecule has 0 unspecified atom stereocenters. The summed E-state index contributed by atoms with van der Waals surface area (Å²) in [6.07, 6.45) is 0. The minimum atomic E-state index is -0.237. The summed E-state index contributed by atoms with van der Waals surface area (Å²) in [5.41, 5.74) is 0.729. The van der Waals surface area contributed by atoms with Crippen LogP contribution in [0.15, 0.2) is 23.0 Å². The van der Waals surface area contributed by atoms with E-state index in [0.717, 1.165) is 0 Å². The largest absolute Gasteiger partial charge is 0.495 e. The van der Waals surface area contributed by atoms with E-state index in [4.69, 9.17) is 21.4 Å². The van der Waals surface area contributed by atoms with E-state index in [9.17, 15) is 4.79 Å². The molecule has 4 nitrogen and oxygen atoms in total. The van der Waals surface area contributed by atoms with E-state index in [1.807, 2.05) is 0 Å². The first-order chi connectivity index (χ1) is 7.67. The van der Waals surface area contributed by atoms with Gasteiger partial charge in [-0.2, -0.15) is 0 Å². The fourth-order valence-electron chi connectivity index (χ4n) is 1.56. The fraction of sp³-hybridized carbons (Fsp3) is 0.182. The predicted octanol–water partition coefficient (Wildman–Crippen LogP) is 1.68. The van der Waals surface area contributed by atoms with Gasteiger partial charge in [-0.1, -0.05) is 11.6 Å². The number of fused-ring (bicyclic) bond motifs is 1. The number of aromatic nitrogens is 1. The van der Waals surface area contributed by atoms with Gasteiger partial charge in [0.15, 0.2) is 5.43 Å². The number of benzene rings is 1. The van der Waals surface area contributed by atoms with Crippen molar-refractivity contribution in [2.75, 3.05) is 7.11 Å². The lowest BCUT2D eigenvalue weighted by molar-refractivity contribution is 0.277. The Kier molecular flexibility index (Phi) is 2.85. The Hall–Kier alpha value is -1.52. The van der Waals surface area contributed by atoms with Gasteiger partial charge in [0, 0.05) is 17.1 Å². The summed E-state index contributed by atoms with van der Waals surface area (Å²) < 4.78 is 5.05. The summed E-state index contributed by atoms with van der Waals surface area (Å²) >= 11 is 6.07. The van der Waals surface area contributed by atoms with E-state index in [1.165, 1.54) is 13.2 Å². The van der Waals surface area contributed by atoms with Crippen molar-refractivity contribution < 1.29 is 9.84 Å². The third kappa shape index (κ3) is 1.66. The standard InChI is InChI=1S/C11H10ClNO3/c1-16-9-3-2-7-8(15)4-6(5-14)13-11(7)10(9)12/h2-4,14H,5H2,1H3,(H,13,15). The summed E-state index contributed by atoms with van der Waals surface area (Å²) in [6, 6.07) is 4.63. The topological polar surface area (TPSA) is 62.3 Å². The predicted molar refractivity (Wildman–Crippen MR) is 62.1 cm³/mol. The molecule has 0 saturated heterocycles. The van der Waals surface area contributed by atoms with Crippen molar-refractivity contribution in [1.82, 2.24) is 4.98 Å². The van der Waals surface area contributed by atoms with E-state index in [1.54, 1.807) is 12.1 Å². The molecular formula is C11H10ClNO3. The first-order valence-corrected chi connectivity index (χ1v) is 5.04. The number of ether oxygens (including phenoxy) is 1. The van der Waals surface area contributed by atoms with Gasteiger partial charge in [0.05, 0.1) is 19.2 Å². The number of H-pyrrole nitrogens is 1.